The average molecular weight is 371 g/mol. The molecular weight excluding hydrogens is 342 g/mol. The van der Waals surface area contributed by atoms with Crippen molar-refractivity contribution in [1.29, 1.82) is 5.41 Å². The third-order valence-corrected chi connectivity index (χ3v) is 6.18. The van der Waals surface area contributed by atoms with Crippen LogP contribution < -0.4 is 0 Å². The fourth-order valence-electron chi connectivity index (χ4n) is 4.36. The Morgan fingerprint density at radius 3 is 2.63 bits per heavy atom. The molecule has 2 atom stereocenters. The van der Waals surface area contributed by atoms with Gasteiger partial charge in [-0.1, -0.05) is 19.1 Å². The van der Waals surface area contributed by atoms with Gasteiger partial charge in [-0.3, -0.25) is 15.1 Å². The van der Waals surface area contributed by atoms with Gasteiger partial charge in [0.15, 0.2) is 0 Å². The number of amides is 1. The number of hydrogen-bond acceptors (Lipinski definition) is 5. The van der Waals surface area contributed by atoms with Gasteiger partial charge in [0, 0.05) is 33.0 Å². The normalized spacial score (nSPS) is 26.9. The van der Waals surface area contributed by atoms with Crippen LogP contribution in [0.15, 0.2) is 24.3 Å². The summed E-state index contributed by atoms with van der Waals surface area (Å²) < 4.78 is 4.75. The SMILES string of the molecule is COC(=O)c1ccc(CN2CCCC([C@@]3(C)CC(=N)N(C)C(=O)C3)C2)cc1. The molecule has 1 unspecified atom stereocenters. The molecule has 6 heteroatoms. The predicted molar refractivity (Wildman–Crippen MR) is 104 cm³/mol. The fourth-order valence-corrected chi connectivity index (χ4v) is 4.36. The molecule has 1 amide bonds. The molecule has 2 fully saturated rings. The van der Waals surface area contributed by atoms with Crippen LogP contribution in [-0.2, 0) is 16.1 Å². The van der Waals surface area contributed by atoms with E-state index in [2.05, 4.69) is 11.8 Å². The lowest BCUT2D eigenvalue weighted by molar-refractivity contribution is -0.132. The lowest BCUT2D eigenvalue weighted by Crippen LogP contribution is -2.50. The number of ether oxygens (including phenoxy) is 1. The molecule has 1 N–H and O–H groups in total. The molecule has 3 rings (SSSR count). The van der Waals surface area contributed by atoms with E-state index in [9.17, 15) is 9.59 Å². The van der Waals surface area contributed by atoms with Gasteiger partial charge in [-0.05, 0) is 48.4 Å². The van der Waals surface area contributed by atoms with Crippen LogP contribution >= 0.6 is 0 Å². The average Bonchev–Trinajstić information content (AvgIpc) is 2.66. The molecule has 0 aliphatic carbocycles. The smallest absolute Gasteiger partial charge is 0.337 e. The summed E-state index contributed by atoms with van der Waals surface area (Å²) in [6.07, 6.45) is 3.41. The van der Waals surface area contributed by atoms with Crippen molar-refractivity contribution in [2.24, 2.45) is 11.3 Å². The van der Waals surface area contributed by atoms with E-state index < -0.39 is 0 Å². The predicted octanol–water partition coefficient (Wildman–Crippen LogP) is 2.92. The molecule has 0 bridgehead atoms. The van der Waals surface area contributed by atoms with Crippen LogP contribution in [0.5, 0.6) is 0 Å². The molecule has 146 valence electrons. The molecule has 2 aliphatic rings. The van der Waals surface area contributed by atoms with E-state index in [1.165, 1.54) is 17.6 Å². The Kier molecular flexibility index (Phi) is 5.65. The lowest BCUT2D eigenvalue weighted by atomic mass is 9.67. The second kappa shape index (κ2) is 7.80. The van der Waals surface area contributed by atoms with Gasteiger partial charge in [-0.15, -0.1) is 0 Å². The largest absolute Gasteiger partial charge is 0.465 e. The van der Waals surface area contributed by atoms with Crippen molar-refractivity contribution in [3.05, 3.63) is 35.4 Å². The number of carbonyl (C=O) groups is 2. The van der Waals surface area contributed by atoms with Crippen molar-refractivity contribution in [2.45, 2.75) is 39.2 Å². The second-order valence-electron chi connectivity index (χ2n) is 8.17. The Hall–Kier alpha value is -2.21. The molecule has 6 nitrogen and oxygen atoms in total. The van der Waals surface area contributed by atoms with Gasteiger partial charge in [0.25, 0.3) is 0 Å². The molecule has 1 aromatic carbocycles. The van der Waals surface area contributed by atoms with Crippen LogP contribution in [0.2, 0.25) is 0 Å². The van der Waals surface area contributed by atoms with Crippen LogP contribution in [0.25, 0.3) is 0 Å². The monoisotopic (exact) mass is 371 g/mol. The summed E-state index contributed by atoms with van der Waals surface area (Å²) in [4.78, 5) is 27.8. The molecular formula is C21H29N3O3. The third-order valence-electron chi connectivity index (χ3n) is 6.18. The van der Waals surface area contributed by atoms with E-state index in [0.717, 1.165) is 32.5 Å². The van der Waals surface area contributed by atoms with E-state index in [1.54, 1.807) is 19.2 Å². The minimum absolute atomic E-state index is 0.0595. The quantitative estimate of drug-likeness (QED) is 0.826. The van der Waals surface area contributed by atoms with Gasteiger partial charge in [0.1, 0.15) is 5.84 Å². The minimum atomic E-state index is -0.318. The molecule has 1 aromatic rings. The Morgan fingerprint density at radius 1 is 1.30 bits per heavy atom. The number of hydrogen-bond donors (Lipinski definition) is 1. The van der Waals surface area contributed by atoms with Gasteiger partial charge >= 0.3 is 5.97 Å². The molecule has 0 radical (unpaired) electrons. The topological polar surface area (TPSA) is 73.7 Å². The maximum absolute atomic E-state index is 12.3. The summed E-state index contributed by atoms with van der Waals surface area (Å²) in [7, 11) is 3.09. The highest BCUT2D eigenvalue weighted by Gasteiger charge is 2.43. The van der Waals surface area contributed by atoms with E-state index in [0.29, 0.717) is 30.2 Å². The number of esters is 1. The number of benzene rings is 1. The van der Waals surface area contributed by atoms with Crippen molar-refractivity contribution in [3.63, 3.8) is 0 Å². The molecule has 0 spiro atoms. The van der Waals surface area contributed by atoms with Gasteiger partial charge < -0.3 is 9.64 Å². The second-order valence-corrected chi connectivity index (χ2v) is 8.17. The summed E-state index contributed by atoms with van der Waals surface area (Å²) in [5.41, 5.74) is 1.60. The van der Waals surface area contributed by atoms with Gasteiger partial charge in [0.2, 0.25) is 5.91 Å². The van der Waals surface area contributed by atoms with Gasteiger partial charge in [-0.25, -0.2) is 4.79 Å². The van der Waals surface area contributed by atoms with Crippen LogP contribution in [0.3, 0.4) is 0 Å². The lowest BCUT2D eigenvalue weighted by Gasteiger charge is -2.46. The number of methoxy groups -OCH3 is 1. The number of carbonyl (C=O) groups excluding carboxylic acids is 2. The van der Waals surface area contributed by atoms with Gasteiger partial charge in [-0.2, -0.15) is 0 Å². The Balaban J connectivity index is 1.65. The number of nitrogens with one attached hydrogen (secondary N) is 1. The maximum atomic E-state index is 12.3. The number of rotatable bonds is 4. The standard InChI is InChI=1S/C21H29N3O3/c1-21(11-18(22)23(2)19(25)12-21)17-5-4-10-24(14-17)13-15-6-8-16(9-7-15)20(26)27-3/h6-9,17,22H,4-5,10-14H2,1-3H3/t17?,21-/m0/s1. The Morgan fingerprint density at radius 2 is 2.00 bits per heavy atom. The van der Waals surface area contributed by atoms with Crippen molar-refractivity contribution >= 4 is 17.7 Å². The number of amidine groups is 1. The first kappa shape index (κ1) is 19.5. The first-order valence-corrected chi connectivity index (χ1v) is 9.56. The zero-order chi connectivity index (χ0) is 19.6. The van der Waals surface area contributed by atoms with Crippen LogP contribution in [0.1, 0.15) is 48.5 Å². The molecule has 2 saturated heterocycles. The van der Waals surface area contributed by atoms with Crippen LogP contribution in [-0.4, -0.2) is 54.8 Å². The third kappa shape index (κ3) is 4.21. The zero-order valence-electron chi connectivity index (χ0n) is 16.5. The molecule has 27 heavy (non-hydrogen) atoms. The number of likely N-dealkylation sites (tertiary alicyclic amines) is 2. The van der Waals surface area contributed by atoms with Crippen molar-refractivity contribution in [3.8, 4) is 0 Å². The minimum Gasteiger partial charge on any atom is -0.465 e. The maximum Gasteiger partial charge on any atom is 0.337 e. The first-order chi connectivity index (χ1) is 12.8. The van der Waals surface area contributed by atoms with Crippen LogP contribution in [0, 0.1) is 16.7 Å². The van der Waals surface area contributed by atoms with Crippen molar-refractivity contribution in [1.82, 2.24) is 9.80 Å². The van der Waals surface area contributed by atoms with E-state index in [1.807, 2.05) is 12.1 Å². The summed E-state index contributed by atoms with van der Waals surface area (Å²) >= 11 is 0. The number of piperidine rings is 2. The first-order valence-electron chi connectivity index (χ1n) is 9.56. The van der Waals surface area contributed by atoms with Crippen molar-refractivity contribution < 1.29 is 14.3 Å². The highest BCUT2D eigenvalue weighted by atomic mass is 16.5. The van der Waals surface area contributed by atoms with Gasteiger partial charge in [0.05, 0.1) is 12.7 Å². The molecule has 2 aliphatic heterocycles. The molecule has 2 heterocycles. The highest BCUT2D eigenvalue weighted by Crippen LogP contribution is 2.43. The number of nitrogens with zero attached hydrogens (tertiary/aromatic N) is 2. The summed E-state index contributed by atoms with van der Waals surface area (Å²) in [6.45, 7) is 4.99. The van der Waals surface area contributed by atoms with Crippen LogP contribution in [0.4, 0.5) is 0 Å². The summed E-state index contributed by atoms with van der Waals surface area (Å²) in [5, 5.41) is 8.15. The van der Waals surface area contributed by atoms with E-state index in [-0.39, 0.29) is 17.3 Å². The molecule has 0 aromatic heterocycles. The summed E-state index contributed by atoms with van der Waals surface area (Å²) in [5.74, 6) is 0.592. The summed E-state index contributed by atoms with van der Waals surface area (Å²) in [6, 6.07) is 7.57. The Bertz CT molecular complexity index is 711. The highest BCUT2D eigenvalue weighted by molar-refractivity contribution is 5.99. The zero-order valence-corrected chi connectivity index (χ0v) is 16.5. The molecule has 0 saturated carbocycles. The fraction of sp³-hybridized carbons (Fsp3) is 0.571. The van der Waals surface area contributed by atoms with E-state index >= 15 is 0 Å². The van der Waals surface area contributed by atoms with E-state index in [4.69, 9.17) is 10.1 Å². The Labute approximate surface area is 161 Å². The van der Waals surface area contributed by atoms with Crippen molar-refractivity contribution in [2.75, 3.05) is 27.2 Å².